The molecule has 1 unspecified atom stereocenters. The SMILES string of the molecule is CCC1=CN=CC(C)(CC(C)C)O1. The van der Waals surface area contributed by atoms with Gasteiger partial charge in [0.25, 0.3) is 0 Å². The summed E-state index contributed by atoms with van der Waals surface area (Å²) in [5.74, 6) is 1.62. The van der Waals surface area contributed by atoms with E-state index in [0.29, 0.717) is 5.92 Å². The smallest absolute Gasteiger partial charge is 0.141 e. The van der Waals surface area contributed by atoms with Gasteiger partial charge in [0.2, 0.25) is 0 Å². The lowest BCUT2D eigenvalue weighted by Crippen LogP contribution is -2.33. The van der Waals surface area contributed by atoms with E-state index in [2.05, 4.69) is 32.7 Å². The zero-order chi connectivity index (χ0) is 9.90. The van der Waals surface area contributed by atoms with Crippen LogP contribution in [0.4, 0.5) is 0 Å². The Hall–Kier alpha value is -0.790. The van der Waals surface area contributed by atoms with Gasteiger partial charge in [-0.05, 0) is 19.3 Å². The van der Waals surface area contributed by atoms with Crippen LogP contribution in [-0.4, -0.2) is 11.8 Å². The average molecular weight is 181 g/mol. The summed E-state index contributed by atoms with van der Waals surface area (Å²) >= 11 is 0. The van der Waals surface area contributed by atoms with Crippen molar-refractivity contribution < 1.29 is 4.74 Å². The molecule has 0 N–H and O–H groups in total. The highest BCUT2D eigenvalue weighted by Crippen LogP contribution is 2.26. The number of nitrogens with zero attached hydrogens (tertiary/aromatic N) is 1. The van der Waals surface area contributed by atoms with Crippen LogP contribution in [-0.2, 0) is 4.74 Å². The predicted molar refractivity (Wildman–Crippen MR) is 55.8 cm³/mol. The summed E-state index contributed by atoms with van der Waals surface area (Å²) in [6, 6.07) is 0. The maximum Gasteiger partial charge on any atom is 0.141 e. The van der Waals surface area contributed by atoms with Crippen LogP contribution in [0.15, 0.2) is 17.0 Å². The minimum Gasteiger partial charge on any atom is -0.485 e. The molecule has 0 aliphatic carbocycles. The second-order valence-electron chi connectivity index (χ2n) is 4.24. The zero-order valence-corrected chi connectivity index (χ0v) is 9.00. The molecule has 0 spiro atoms. The summed E-state index contributed by atoms with van der Waals surface area (Å²) in [6.07, 6.45) is 5.66. The first kappa shape index (κ1) is 10.3. The third kappa shape index (κ3) is 2.87. The molecule has 1 aliphatic heterocycles. The highest BCUT2D eigenvalue weighted by molar-refractivity contribution is 5.70. The van der Waals surface area contributed by atoms with Gasteiger partial charge in [-0.2, -0.15) is 0 Å². The molecule has 0 aromatic heterocycles. The van der Waals surface area contributed by atoms with E-state index in [4.69, 9.17) is 4.74 Å². The molecular formula is C11H19NO. The van der Waals surface area contributed by atoms with Crippen LogP contribution < -0.4 is 0 Å². The molecule has 2 heteroatoms. The Morgan fingerprint density at radius 1 is 1.54 bits per heavy atom. The van der Waals surface area contributed by atoms with Crippen LogP contribution in [0, 0.1) is 5.92 Å². The van der Waals surface area contributed by atoms with Crippen LogP contribution in [0.1, 0.15) is 40.5 Å². The van der Waals surface area contributed by atoms with Gasteiger partial charge in [0, 0.05) is 12.6 Å². The Balaban J connectivity index is 2.63. The van der Waals surface area contributed by atoms with Gasteiger partial charge in [0.05, 0.1) is 6.20 Å². The van der Waals surface area contributed by atoms with Crippen LogP contribution in [0.25, 0.3) is 0 Å². The largest absolute Gasteiger partial charge is 0.485 e. The van der Waals surface area contributed by atoms with Crippen molar-refractivity contribution in [3.63, 3.8) is 0 Å². The van der Waals surface area contributed by atoms with Crippen molar-refractivity contribution in [3.8, 4) is 0 Å². The van der Waals surface area contributed by atoms with E-state index in [1.54, 1.807) is 0 Å². The zero-order valence-electron chi connectivity index (χ0n) is 9.00. The molecule has 1 heterocycles. The predicted octanol–water partition coefficient (Wildman–Crippen LogP) is 3.14. The quantitative estimate of drug-likeness (QED) is 0.655. The van der Waals surface area contributed by atoms with Crippen molar-refractivity contribution in [2.24, 2.45) is 10.9 Å². The Kier molecular flexibility index (Phi) is 3.12. The third-order valence-corrected chi connectivity index (χ3v) is 2.09. The molecule has 0 bridgehead atoms. The summed E-state index contributed by atoms with van der Waals surface area (Å²) in [7, 11) is 0. The first-order valence-electron chi connectivity index (χ1n) is 4.98. The number of hydrogen-bond acceptors (Lipinski definition) is 2. The molecule has 0 amide bonds. The van der Waals surface area contributed by atoms with Crippen molar-refractivity contribution in [1.82, 2.24) is 0 Å². The monoisotopic (exact) mass is 181 g/mol. The summed E-state index contributed by atoms with van der Waals surface area (Å²) in [5, 5.41) is 0. The molecule has 0 saturated carbocycles. The lowest BCUT2D eigenvalue weighted by molar-refractivity contribution is 0.0564. The summed E-state index contributed by atoms with van der Waals surface area (Å²) in [6.45, 7) is 8.58. The van der Waals surface area contributed by atoms with Crippen LogP contribution >= 0.6 is 0 Å². The highest BCUT2D eigenvalue weighted by atomic mass is 16.5. The van der Waals surface area contributed by atoms with Crippen LogP contribution in [0.3, 0.4) is 0 Å². The Labute approximate surface area is 80.7 Å². The standard InChI is InChI=1S/C11H19NO/c1-5-10-7-12-8-11(4,13-10)6-9(2)3/h7-9H,5-6H2,1-4H3. The van der Waals surface area contributed by atoms with Gasteiger partial charge >= 0.3 is 0 Å². The highest BCUT2D eigenvalue weighted by Gasteiger charge is 2.27. The van der Waals surface area contributed by atoms with Crippen molar-refractivity contribution >= 4 is 6.21 Å². The molecule has 1 rings (SSSR count). The van der Waals surface area contributed by atoms with Crippen molar-refractivity contribution in [3.05, 3.63) is 12.0 Å². The molecule has 0 saturated heterocycles. The van der Waals surface area contributed by atoms with E-state index >= 15 is 0 Å². The van der Waals surface area contributed by atoms with E-state index in [1.165, 1.54) is 0 Å². The van der Waals surface area contributed by atoms with Crippen molar-refractivity contribution in [2.45, 2.75) is 46.1 Å². The average Bonchev–Trinajstić information content (AvgIpc) is 2.02. The lowest BCUT2D eigenvalue weighted by atomic mass is 9.94. The second-order valence-corrected chi connectivity index (χ2v) is 4.24. The number of rotatable bonds is 3. The second kappa shape index (κ2) is 3.95. The van der Waals surface area contributed by atoms with E-state index < -0.39 is 0 Å². The lowest BCUT2D eigenvalue weighted by Gasteiger charge is -2.31. The van der Waals surface area contributed by atoms with Gasteiger partial charge in [0.1, 0.15) is 11.4 Å². The van der Waals surface area contributed by atoms with Crippen LogP contribution in [0.5, 0.6) is 0 Å². The number of aliphatic imine (C=N–C) groups is 1. The fraction of sp³-hybridized carbons (Fsp3) is 0.727. The van der Waals surface area contributed by atoms with E-state index in [0.717, 1.165) is 18.6 Å². The topological polar surface area (TPSA) is 21.6 Å². The first-order chi connectivity index (χ1) is 6.06. The summed E-state index contributed by atoms with van der Waals surface area (Å²) < 4.78 is 5.85. The van der Waals surface area contributed by atoms with E-state index in [-0.39, 0.29) is 5.60 Å². The van der Waals surface area contributed by atoms with Crippen molar-refractivity contribution in [2.75, 3.05) is 0 Å². The molecule has 1 aliphatic rings. The number of hydrogen-bond donors (Lipinski definition) is 0. The minimum absolute atomic E-state index is 0.186. The van der Waals surface area contributed by atoms with E-state index in [9.17, 15) is 0 Å². The number of ether oxygens (including phenoxy) is 1. The third-order valence-electron chi connectivity index (χ3n) is 2.09. The van der Waals surface area contributed by atoms with Gasteiger partial charge < -0.3 is 4.74 Å². The Morgan fingerprint density at radius 3 is 2.77 bits per heavy atom. The maximum absolute atomic E-state index is 5.85. The fourth-order valence-electron chi connectivity index (χ4n) is 1.70. The molecule has 0 fully saturated rings. The van der Waals surface area contributed by atoms with Crippen LogP contribution in [0.2, 0.25) is 0 Å². The molecule has 0 aromatic carbocycles. The maximum atomic E-state index is 5.85. The Morgan fingerprint density at radius 2 is 2.23 bits per heavy atom. The van der Waals surface area contributed by atoms with Gasteiger partial charge in [-0.25, -0.2) is 0 Å². The molecule has 13 heavy (non-hydrogen) atoms. The Bertz CT molecular complexity index is 230. The van der Waals surface area contributed by atoms with Crippen molar-refractivity contribution in [1.29, 1.82) is 0 Å². The summed E-state index contributed by atoms with van der Waals surface area (Å²) in [4.78, 5) is 4.22. The molecule has 2 nitrogen and oxygen atoms in total. The minimum atomic E-state index is -0.186. The normalized spacial score (nSPS) is 27.3. The molecule has 0 radical (unpaired) electrons. The molecule has 0 aromatic rings. The fourth-order valence-corrected chi connectivity index (χ4v) is 1.70. The van der Waals surface area contributed by atoms with Gasteiger partial charge in [0.15, 0.2) is 0 Å². The van der Waals surface area contributed by atoms with E-state index in [1.807, 2.05) is 12.4 Å². The van der Waals surface area contributed by atoms with Gasteiger partial charge in [-0.3, -0.25) is 4.99 Å². The van der Waals surface area contributed by atoms with Gasteiger partial charge in [-0.1, -0.05) is 20.8 Å². The molecule has 74 valence electrons. The van der Waals surface area contributed by atoms with Gasteiger partial charge in [-0.15, -0.1) is 0 Å². The number of allylic oxidation sites excluding steroid dienone is 1. The molecular weight excluding hydrogens is 162 g/mol. The first-order valence-corrected chi connectivity index (χ1v) is 4.98. The summed E-state index contributed by atoms with van der Waals surface area (Å²) in [5.41, 5.74) is -0.186. The molecule has 1 atom stereocenters.